The summed E-state index contributed by atoms with van der Waals surface area (Å²) >= 11 is 0. The number of hydrogen-bond acceptors (Lipinski definition) is 3. The first-order valence-electron chi connectivity index (χ1n) is 7.95. The minimum Gasteiger partial charge on any atom is -0.490 e. The largest absolute Gasteiger partial charge is 0.490 e. The van der Waals surface area contributed by atoms with E-state index in [2.05, 4.69) is 24.4 Å². The van der Waals surface area contributed by atoms with Gasteiger partial charge in [0.1, 0.15) is 0 Å². The fraction of sp³-hybridized carbons (Fsp3) is 0.647. The summed E-state index contributed by atoms with van der Waals surface area (Å²) in [5.41, 5.74) is 1.28. The average Bonchev–Trinajstić information content (AvgIpc) is 2.90. The van der Waals surface area contributed by atoms with Crippen LogP contribution < -0.4 is 14.8 Å². The van der Waals surface area contributed by atoms with Crippen molar-refractivity contribution in [3.8, 4) is 11.5 Å². The summed E-state index contributed by atoms with van der Waals surface area (Å²) in [6, 6.07) is 6.91. The fourth-order valence-electron chi connectivity index (χ4n) is 3.22. The number of hydrogen-bond donors (Lipinski definition) is 1. The molecule has 20 heavy (non-hydrogen) atoms. The van der Waals surface area contributed by atoms with Crippen molar-refractivity contribution in [2.75, 3.05) is 13.2 Å². The second-order valence-corrected chi connectivity index (χ2v) is 6.05. The van der Waals surface area contributed by atoms with Crippen molar-refractivity contribution in [3.63, 3.8) is 0 Å². The van der Waals surface area contributed by atoms with Crippen LogP contribution >= 0.6 is 0 Å². The van der Waals surface area contributed by atoms with Crippen molar-refractivity contribution in [3.05, 3.63) is 23.8 Å². The summed E-state index contributed by atoms with van der Waals surface area (Å²) in [6.45, 7) is 4.74. The van der Waals surface area contributed by atoms with Crippen molar-refractivity contribution in [1.82, 2.24) is 5.32 Å². The van der Waals surface area contributed by atoms with Gasteiger partial charge in [-0.25, -0.2) is 0 Å². The Hall–Kier alpha value is -1.22. The molecule has 0 amide bonds. The monoisotopic (exact) mass is 275 g/mol. The molecule has 1 saturated carbocycles. The summed E-state index contributed by atoms with van der Waals surface area (Å²) in [7, 11) is 0. The maximum atomic E-state index is 5.74. The number of fused-ring (bicyclic) bond motifs is 1. The molecule has 1 aliphatic heterocycles. The van der Waals surface area contributed by atoms with Gasteiger partial charge in [0, 0.05) is 19.0 Å². The van der Waals surface area contributed by atoms with Gasteiger partial charge in [-0.1, -0.05) is 18.9 Å². The summed E-state index contributed by atoms with van der Waals surface area (Å²) in [6.07, 6.45) is 6.53. The molecule has 0 saturated heterocycles. The molecule has 1 aliphatic carbocycles. The van der Waals surface area contributed by atoms with E-state index in [1.807, 2.05) is 6.07 Å². The molecular formula is C17H25NO2. The van der Waals surface area contributed by atoms with E-state index in [9.17, 15) is 0 Å². The van der Waals surface area contributed by atoms with Crippen LogP contribution in [0, 0.1) is 5.92 Å². The zero-order chi connectivity index (χ0) is 13.8. The minimum absolute atomic E-state index is 0.605. The Balaban J connectivity index is 1.58. The molecule has 3 nitrogen and oxygen atoms in total. The van der Waals surface area contributed by atoms with Crippen molar-refractivity contribution in [2.45, 2.75) is 51.6 Å². The first kappa shape index (κ1) is 13.7. The molecule has 2 aliphatic rings. The Bertz CT molecular complexity index is 441. The van der Waals surface area contributed by atoms with Gasteiger partial charge in [-0.05, 0) is 43.4 Å². The molecule has 1 aromatic carbocycles. The predicted molar refractivity (Wildman–Crippen MR) is 80.3 cm³/mol. The molecule has 0 unspecified atom stereocenters. The lowest BCUT2D eigenvalue weighted by Gasteiger charge is -2.20. The molecule has 0 spiro atoms. The third kappa shape index (κ3) is 3.26. The summed E-state index contributed by atoms with van der Waals surface area (Å²) < 4.78 is 11.4. The lowest BCUT2D eigenvalue weighted by molar-refractivity contribution is 0.297. The Morgan fingerprint density at radius 2 is 1.85 bits per heavy atom. The Labute approximate surface area is 121 Å². The van der Waals surface area contributed by atoms with Gasteiger partial charge in [-0.2, -0.15) is 0 Å². The van der Waals surface area contributed by atoms with Gasteiger partial charge < -0.3 is 14.8 Å². The Morgan fingerprint density at radius 1 is 1.10 bits per heavy atom. The Morgan fingerprint density at radius 3 is 2.65 bits per heavy atom. The zero-order valence-electron chi connectivity index (χ0n) is 12.4. The van der Waals surface area contributed by atoms with Crippen LogP contribution in [-0.4, -0.2) is 19.3 Å². The van der Waals surface area contributed by atoms with E-state index in [-0.39, 0.29) is 0 Å². The first-order chi connectivity index (χ1) is 9.83. The number of ether oxygens (including phenoxy) is 2. The summed E-state index contributed by atoms with van der Waals surface area (Å²) in [5, 5.41) is 3.67. The number of rotatable bonds is 4. The molecule has 1 heterocycles. The highest BCUT2D eigenvalue weighted by molar-refractivity contribution is 5.43. The highest BCUT2D eigenvalue weighted by atomic mass is 16.5. The van der Waals surface area contributed by atoms with Crippen LogP contribution in [0.25, 0.3) is 0 Å². The third-order valence-electron chi connectivity index (χ3n) is 4.55. The van der Waals surface area contributed by atoms with Crippen LogP contribution in [0.4, 0.5) is 0 Å². The van der Waals surface area contributed by atoms with Gasteiger partial charge in [0.15, 0.2) is 11.5 Å². The van der Waals surface area contributed by atoms with Gasteiger partial charge >= 0.3 is 0 Å². The quantitative estimate of drug-likeness (QED) is 0.912. The Kier molecular flexibility index (Phi) is 4.46. The number of nitrogens with one attached hydrogen (secondary N) is 1. The smallest absolute Gasteiger partial charge is 0.161 e. The van der Waals surface area contributed by atoms with E-state index >= 15 is 0 Å². The third-order valence-corrected chi connectivity index (χ3v) is 4.55. The van der Waals surface area contributed by atoms with Crippen LogP contribution in [0.3, 0.4) is 0 Å². The van der Waals surface area contributed by atoms with Gasteiger partial charge in [-0.3, -0.25) is 0 Å². The maximum absolute atomic E-state index is 5.74. The maximum Gasteiger partial charge on any atom is 0.161 e. The van der Waals surface area contributed by atoms with E-state index < -0.39 is 0 Å². The van der Waals surface area contributed by atoms with Crippen molar-refractivity contribution in [1.29, 1.82) is 0 Å². The van der Waals surface area contributed by atoms with E-state index in [1.54, 1.807) is 0 Å². The standard InChI is InChI=1S/C17H25NO2/c1-13(15-5-2-3-6-15)18-12-14-7-8-16-17(11-14)20-10-4-9-19-16/h7-8,11,13,15,18H,2-6,9-10,12H2,1H3/t13-/m0/s1. The first-order valence-corrected chi connectivity index (χ1v) is 7.95. The van der Waals surface area contributed by atoms with Gasteiger partial charge in [0.25, 0.3) is 0 Å². The molecular weight excluding hydrogens is 250 g/mol. The van der Waals surface area contributed by atoms with Crippen LogP contribution in [-0.2, 0) is 6.54 Å². The lowest BCUT2D eigenvalue weighted by Crippen LogP contribution is -2.31. The molecule has 0 bridgehead atoms. The van der Waals surface area contributed by atoms with Crippen LogP contribution in [0.1, 0.15) is 44.6 Å². The summed E-state index contributed by atoms with van der Waals surface area (Å²) in [5.74, 6) is 2.64. The highest BCUT2D eigenvalue weighted by Gasteiger charge is 2.21. The fourth-order valence-corrected chi connectivity index (χ4v) is 3.22. The molecule has 110 valence electrons. The molecule has 0 aromatic heterocycles. The molecule has 1 fully saturated rings. The molecule has 1 atom stereocenters. The van der Waals surface area contributed by atoms with Crippen molar-refractivity contribution >= 4 is 0 Å². The zero-order valence-corrected chi connectivity index (χ0v) is 12.4. The van der Waals surface area contributed by atoms with E-state index in [0.29, 0.717) is 6.04 Å². The molecule has 1 aromatic rings. The topological polar surface area (TPSA) is 30.5 Å². The SMILES string of the molecule is C[C@H](NCc1ccc2c(c1)OCCCO2)C1CCCC1. The molecule has 1 N–H and O–H groups in total. The molecule has 3 heteroatoms. The second-order valence-electron chi connectivity index (χ2n) is 6.05. The average molecular weight is 275 g/mol. The number of benzene rings is 1. The predicted octanol–water partition coefficient (Wildman–Crippen LogP) is 3.52. The minimum atomic E-state index is 0.605. The second kappa shape index (κ2) is 6.49. The van der Waals surface area contributed by atoms with E-state index in [1.165, 1.54) is 31.2 Å². The molecule has 0 radical (unpaired) electrons. The van der Waals surface area contributed by atoms with Crippen molar-refractivity contribution < 1.29 is 9.47 Å². The van der Waals surface area contributed by atoms with Gasteiger partial charge in [0.2, 0.25) is 0 Å². The van der Waals surface area contributed by atoms with Crippen LogP contribution in [0.15, 0.2) is 18.2 Å². The normalized spacial score (nSPS) is 20.6. The van der Waals surface area contributed by atoms with Crippen LogP contribution in [0.5, 0.6) is 11.5 Å². The van der Waals surface area contributed by atoms with Crippen LogP contribution in [0.2, 0.25) is 0 Å². The summed E-state index contributed by atoms with van der Waals surface area (Å²) in [4.78, 5) is 0. The highest BCUT2D eigenvalue weighted by Crippen LogP contribution is 2.31. The van der Waals surface area contributed by atoms with E-state index in [4.69, 9.17) is 9.47 Å². The van der Waals surface area contributed by atoms with Crippen molar-refractivity contribution in [2.24, 2.45) is 5.92 Å². The lowest BCUT2D eigenvalue weighted by atomic mass is 9.99. The van der Waals surface area contributed by atoms with E-state index in [0.717, 1.165) is 43.6 Å². The molecule has 3 rings (SSSR count). The van der Waals surface area contributed by atoms with Gasteiger partial charge in [-0.15, -0.1) is 0 Å². The van der Waals surface area contributed by atoms with Gasteiger partial charge in [0.05, 0.1) is 13.2 Å².